The molecule has 0 atom stereocenters. The number of aromatic nitrogens is 2. The minimum Gasteiger partial charge on any atom is -0.344 e. The van der Waals surface area contributed by atoms with Crippen LogP contribution in [0.4, 0.5) is 0 Å². The second-order valence-corrected chi connectivity index (χ2v) is 7.21. The minimum absolute atomic E-state index is 0.0106. The average Bonchev–Trinajstić information content (AvgIpc) is 3.09. The van der Waals surface area contributed by atoms with E-state index in [-0.39, 0.29) is 11.7 Å². The van der Waals surface area contributed by atoms with Crippen molar-refractivity contribution in [2.24, 2.45) is 0 Å². The maximum Gasteiger partial charge on any atom is 0.232 e. The number of benzene rings is 1. The largest absolute Gasteiger partial charge is 0.344 e. The van der Waals surface area contributed by atoms with Crippen molar-refractivity contribution in [3.63, 3.8) is 0 Å². The van der Waals surface area contributed by atoms with Gasteiger partial charge in [-0.1, -0.05) is 42.1 Å². The first-order valence-electron chi connectivity index (χ1n) is 7.72. The number of carbonyl (C=O) groups is 1. The van der Waals surface area contributed by atoms with Crippen LogP contribution in [0.15, 0.2) is 47.1 Å². The summed E-state index contributed by atoms with van der Waals surface area (Å²) in [5.74, 6) is 0.279. The molecule has 126 valence electrons. The molecular formula is C18H16N4OS2. The lowest BCUT2D eigenvalue weighted by Gasteiger charge is -2.15. The number of nitrogens with zero attached hydrogens (tertiary/aromatic N) is 4. The van der Waals surface area contributed by atoms with Crippen LogP contribution in [-0.4, -0.2) is 40.1 Å². The van der Waals surface area contributed by atoms with E-state index in [1.54, 1.807) is 29.6 Å². The molecule has 7 heteroatoms. The molecule has 0 fully saturated rings. The summed E-state index contributed by atoms with van der Waals surface area (Å²) in [6.07, 6.45) is 1.88. The Morgan fingerprint density at radius 2 is 2.12 bits per heavy atom. The highest BCUT2D eigenvalue weighted by Gasteiger charge is 2.15. The standard InChI is InChI=1S/C18H16N4OS2/c1-22(9-5-8-19)15(23)11-25-18-16-14(13-6-3-2-4-7-13)10-24-17(16)20-12-21-18/h2-4,6-7,10,12H,5,9,11H2,1H3. The smallest absolute Gasteiger partial charge is 0.232 e. The van der Waals surface area contributed by atoms with E-state index in [1.165, 1.54) is 11.8 Å². The van der Waals surface area contributed by atoms with Crippen LogP contribution in [-0.2, 0) is 4.79 Å². The third kappa shape index (κ3) is 3.98. The van der Waals surface area contributed by atoms with Crippen molar-refractivity contribution in [3.8, 4) is 17.2 Å². The van der Waals surface area contributed by atoms with Crippen LogP contribution in [0.2, 0.25) is 0 Å². The van der Waals surface area contributed by atoms with E-state index in [0.717, 1.165) is 26.4 Å². The van der Waals surface area contributed by atoms with Gasteiger partial charge in [0.2, 0.25) is 5.91 Å². The Balaban J connectivity index is 1.84. The molecule has 0 N–H and O–H groups in total. The lowest BCUT2D eigenvalue weighted by atomic mass is 10.1. The SMILES string of the molecule is CN(CCC#N)C(=O)CSc1ncnc2scc(-c3ccccc3)c12. The first-order valence-corrected chi connectivity index (χ1v) is 9.58. The van der Waals surface area contributed by atoms with Gasteiger partial charge in [-0.15, -0.1) is 11.3 Å². The van der Waals surface area contributed by atoms with E-state index >= 15 is 0 Å². The summed E-state index contributed by atoms with van der Waals surface area (Å²) in [5.41, 5.74) is 2.21. The van der Waals surface area contributed by atoms with Crippen molar-refractivity contribution in [1.82, 2.24) is 14.9 Å². The number of thiophene rings is 1. The van der Waals surface area contributed by atoms with Crippen LogP contribution in [0.1, 0.15) is 6.42 Å². The first-order chi connectivity index (χ1) is 12.2. The van der Waals surface area contributed by atoms with Crippen LogP contribution in [0, 0.1) is 11.3 Å². The molecule has 0 aliphatic rings. The van der Waals surface area contributed by atoms with E-state index in [2.05, 4.69) is 33.5 Å². The van der Waals surface area contributed by atoms with Gasteiger partial charge in [0.15, 0.2) is 0 Å². The van der Waals surface area contributed by atoms with Crippen LogP contribution < -0.4 is 0 Å². The van der Waals surface area contributed by atoms with Gasteiger partial charge in [0, 0.05) is 24.5 Å². The second kappa shape index (κ2) is 8.10. The summed E-state index contributed by atoms with van der Waals surface area (Å²) >= 11 is 2.99. The van der Waals surface area contributed by atoms with Gasteiger partial charge >= 0.3 is 0 Å². The van der Waals surface area contributed by atoms with Crippen molar-refractivity contribution in [2.75, 3.05) is 19.3 Å². The summed E-state index contributed by atoms with van der Waals surface area (Å²) in [6.45, 7) is 0.447. The maximum absolute atomic E-state index is 12.2. The average molecular weight is 368 g/mol. The predicted molar refractivity (Wildman–Crippen MR) is 101 cm³/mol. The minimum atomic E-state index is -0.0106. The molecule has 0 bridgehead atoms. The molecule has 25 heavy (non-hydrogen) atoms. The molecule has 0 saturated heterocycles. The highest BCUT2D eigenvalue weighted by Crippen LogP contribution is 2.37. The van der Waals surface area contributed by atoms with Gasteiger partial charge in [0.05, 0.1) is 23.6 Å². The molecule has 0 aliphatic carbocycles. The van der Waals surface area contributed by atoms with Gasteiger partial charge < -0.3 is 4.90 Å². The third-order valence-corrected chi connectivity index (χ3v) is 5.60. The Labute approximate surface area is 154 Å². The fourth-order valence-corrected chi connectivity index (χ4v) is 4.30. The Kier molecular flexibility index (Phi) is 5.64. The molecule has 3 aromatic rings. The van der Waals surface area contributed by atoms with E-state index in [9.17, 15) is 4.79 Å². The summed E-state index contributed by atoms with van der Waals surface area (Å²) in [7, 11) is 1.72. The molecule has 5 nitrogen and oxygen atoms in total. The lowest BCUT2D eigenvalue weighted by molar-refractivity contribution is -0.127. The van der Waals surface area contributed by atoms with Crippen molar-refractivity contribution < 1.29 is 4.79 Å². The van der Waals surface area contributed by atoms with Crippen LogP contribution in [0.3, 0.4) is 0 Å². The molecule has 0 radical (unpaired) electrons. The van der Waals surface area contributed by atoms with E-state index < -0.39 is 0 Å². The highest BCUT2D eigenvalue weighted by atomic mass is 32.2. The predicted octanol–water partition coefficient (Wildman–Crippen LogP) is 3.82. The van der Waals surface area contributed by atoms with Gasteiger partial charge in [-0.2, -0.15) is 5.26 Å². The Bertz CT molecular complexity index is 918. The van der Waals surface area contributed by atoms with Crippen LogP contribution in [0.25, 0.3) is 21.3 Å². The summed E-state index contributed by atoms with van der Waals surface area (Å²) in [5, 5.41) is 12.5. The fourth-order valence-electron chi connectivity index (χ4n) is 2.37. The molecule has 0 spiro atoms. The zero-order valence-corrected chi connectivity index (χ0v) is 15.3. The summed E-state index contributed by atoms with van der Waals surface area (Å²) < 4.78 is 0. The molecule has 2 heterocycles. The zero-order chi connectivity index (χ0) is 17.6. The number of amides is 1. The molecule has 2 aromatic heterocycles. The van der Waals surface area contributed by atoms with Crippen LogP contribution >= 0.6 is 23.1 Å². The first kappa shape index (κ1) is 17.4. The molecule has 1 amide bonds. The summed E-state index contributed by atoms with van der Waals surface area (Å²) in [4.78, 5) is 23.5. The Morgan fingerprint density at radius 3 is 2.88 bits per heavy atom. The number of nitriles is 1. The number of thioether (sulfide) groups is 1. The molecule has 0 unspecified atom stereocenters. The van der Waals surface area contributed by atoms with Crippen molar-refractivity contribution in [2.45, 2.75) is 11.4 Å². The number of rotatable bonds is 6. The van der Waals surface area contributed by atoms with Gasteiger partial charge in [0.25, 0.3) is 0 Å². The van der Waals surface area contributed by atoms with Crippen molar-refractivity contribution in [1.29, 1.82) is 5.26 Å². The second-order valence-electron chi connectivity index (χ2n) is 5.39. The van der Waals surface area contributed by atoms with E-state index in [0.29, 0.717) is 13.0 Å². The monoisotopic (exact) mass is 368 g/mol. The normalized spacial score (nSPS) is 10.6. The van der Waals surface area contributed by atoms with Gasteiger partial charge in [-0.05, 0) is 5.56 Å². The quantitative estimate of drug-likeness (QED) is 0.489. The number of fused-ring (bicyclic) bond motifs is 1. The zero-order valence-electron chi connectivity index (χ0n) is 13.7. The third-order valence-electron chi connectivity index (χ3n) is 3.74. The Hall–Kier alpha value is -2.43. The fraction of sp³-hybridized carbons (Fsp3) is 0.222. The Morgan fingerprint density at radius 1 is 1.32 bits per heavy atom. The maximum atomic E-state index is 12.2. The topological polar surface area (TPSA) is 69.9 Å². The molecule has 0 aliphatic heterocycles. The van der Waals surface area contributed by atoms with Crippen LogP contribution in [0.5, 0.6) is 0 Å². The summed E-state index contributed by atoms with van der Waals surface area (Å²) in [6, 6.07) is 12.2. The van der Waals surface area contributed by atoms with Crippen molar-refractivity contribution in [3.05, 3.63) is 42.0 Å². The lowest BCUT2D eigenvalue weighted by Crippen LogP contribution is -2.29. The number of hydrogen-bond donors (Lipinski definition) is 0. The van der Waals surface area contributed by atoms with Gasteiger partial charge in [0.1, 0.15) is 16.2 Å². The molecule has 3 rings (SSSR count). The number of carbonyl (C=O) groups excluding carboxylic acids is 1. The molecule has 0 saturated carbocycles. The molecular weight excluding hydrogens is 352 g/mol. The van der Waals surface area contributed by atoms with Gasteiger partial charge in [-0.3, -0.25) is 4.79 Å². The van der Waals surface area contributed by atoms with Crippen molar-refractivity contribution >= 4 is 39.2 Å². The number of hydrogen-bond acceptors (Lipinski definition) is 6. The highest BCUT2D eigenvalue weighted by molar-refractivity contribution is 8.00. The van der Waals surface area contributed by atoms with E-state index in [1.807, 2.05) is 18.2 Å². The molecule has 1 aromatic carbocycles. The van der Waals surface area contributed by atoms with Gasteiger partial charge in [-0.25, -0.2) is 9.97 Å². The van der Waals surface area contributed by atoms with E-state index in [4.69, 9.17) is 5.26 Å².